The van der Waals surface area contributed by atoms with Gasteiger partial charge in [-0.3, -0.25) is 4.79 Å². The van der Waals surface area contributed by atoms with Crippen molar-refractivity contribution in [3.05, 3.63) is 118 Å². The van der Waals surface area contributed by atoms with Crippen LogP contribution in [0.25, 0.3) is 10.8 Å². The van der Waals surface area contributed by atoms with E-state index in [-0.39, 0.29) is 5.56 Å². The van der Waals surface area contributed by atoms with E-state index in [1.165, 1.54) is 11.1 Å². The number of rotatable bonds is 8. The summed E-state index contributed by atoms with van der Waals surface area (Å²) in [5.41, 5.74) is 11.8. The molecule has 0 fully saturated rings. The van der Waals surface area contributed by atoms with Crippen LogP contribution in [0.4, 0.5) is 17.5 Å². The number of nitrogens with two attached hydrogens (primary N) is 1. The normalized spacial score (nSPS) is 11.0. The fourth-order valence-corrected chi connectivity index (χ4v) is 4.47. The third-order valence-electron chi connectivity index (χ3n) is 6.58. The molecule has 186 valence electrons. The average Bonchev–Trinajstić information content (AvgIpc) is 2.90. The third-order valence-corrected chi connectivity index (χ3v) is 6.58. The third kappa shape index (κ3) is 5.43. The predicted molar refractivity (Wildman–Crippen MR) is 149 cm³/mol. The molecule has 3 heterocycles. The van der Waals surface area contributed by atoms with Crippen LogP contribution in [0.3, 0.4) is 0 Å². The number of fused-ring (bicyclic) bond motifs is 1. The second-order valence-corrected chi connectivity index (χ2v) is 9.07. The van der Waals surface area contributed by atoms with Crippen molar-refractivity contribution in [3.63, 3.8) is 0 Å². The quantitative estimate of drug-likeness (QED) is 0.290. The highest BCUT2D eigenvalue weighted by Gasteiger charge is 2.10. The minimum Gasteiger partial charge on any atom is -0.383 e. The molecule has 2 aromatic carbocycles. The first-order chi connectivity index (χ1) is 18.0. The number of nitrogen functional groups attached to an aromatic ring is 1. The summed E-state index contributed by atoms with van der Waals surface area (Å²) in [5, 5.41) is 8.89. The molecule has 0 bridgehead atoms. The van der Waals surface area contributed by atoms with E-state index in [9.17, 15) is 4.79 Å². The Hall–Kier alpha value is -4.72. The van der Waals surface area contributed by atoms with Gasteiger partial charge in [-0.2, -0.15) is 0 Å². The smallest absolute Gasteiger partial charge is 0.250 e. The van der Waals surface area contributed by atoms with E-state index in [0.29, 0.717) is 25.5 Å². The van der Waals surface area contributed by atoms with Crippen LogP contribution >= 0.6 is 0 Å². The summed E-state index contributed by atoms with van der Waals surface area (Å²) in [5.74, 6) is 2.04. The Morgan fingerprint density at radius 1 is 0.838 bits per heavy atom. The Balaban J connectivity index is 1.22. The zero-order valence-corrected chi connectivity index (χ0v) is 20.9. The molecule has 37 heavy (non-hydrogen) atoms. The van der Waals surface area contributed by atoms with Crippen LogP contribution in [-0.2, 0) is 19.6 Å². The van der Waals surface area contributed by atoms with E-state index in [1.807, 2.05) is 30.3 Å². The van der Waals surface area contributed by atoms with Crippen molar-refractivity contribution in [2.24, 2.45) is 0 Å². The molecule has 3 aromatic heterocycles. The minimum atomic E-state index is -0.00523. The first-order valence-electron chi connectivity index (χ1n) is 12.1. The number of anilines is 3. The molecule has 4 N–H and O–H groups in total. The predicted octanol–water partition coefficient (Wildman–Crippen LogP) is 4.66. The van der Waals surface area contributed by atoms with Gasteiger partial charge in [0.25, 0.3) is 5.56 Å². The lowest BCUT2D eigenvalue weighted by Crippen LogP contribution is -2.18. The van der Waals surface area contributed by atoms with Crippen molar-refractivity contribution in [1.29, 1.82) is 0 Å². The van der Waals surface area contributed by atoms with Gasteiger partial charge in [0.2, 0.25) is 0 Å². The summed E-state index contributed by atoms with van der Waals surface area (Å²) < 4.78 is 1.69. The Morgan fingerprint density at radius 3 is 2.32 bits per heavy atom. The number of pyridine rings is 2. The zero-order valence-electron chi connectivity index (χ0n) is 20.9. The summed E-state index contributed by atoms with van der Waals surface area (Å²) in [6, 6.07) is 19.4. The lowest BCUT2D eigenvalue weighted by molar-refractivity contribution is 0.759. The molecule has 0 spiro atoms. The molecule has 0 aliphatic carbocycles. The molecule has 0 amide bonds. The zero-order chi connectivity index (χ0) is 25.8. The van der Waals surface area contributed by atoms with Crippen LogP contribution in [0, 0.1) is 13.8 Å². The summed E-state index contributed by atoms with van der Waals surface area (Å²) in [7, 11) is 0. The van der Waals surface area contributed by atoms with E-state index in [2.05, 4.69) is 57.6 Å². The first kappa shape index (κ1) is 24.0. The largest absolute Gasteiger partial charge is 0.383 e. The Kier molecular flexibility index (Phi) is 6.81. The van der Waals surface area contributed by atoms with Crippen LogP contribution in [0.15, 0.2) is 84.2 Å². The van der Waals surface area contributed by atoms with Crippen molar-refractivity contribution in [2.75, 3.05) is 16.4 Å². The highest BCUT2D eigenvalue weighted by molar-refractivity contribution is 5.94. The molecule has 5 aromatic rings. The minimum absolute atomic E-state index is 0.00523. The second-order valence-electron chi connectivity index (χ2n) is 9.07. The molecule has 8 heteroatoms. The molecule has 0 radical (unpaired) electrons. The van der Waals surface area contributed by atoms with E-state index in [0.717, 1.165) is 39.1 Å². The van der Waals surface area contributed by atoms with Crippen LogP contribution in [0.2, 0.25) is 0 Å². The van der Waals surface area contributed by atoms with Gasteiger partial charge >= 0.3 is 0 Å². The van der Waals surface area contributed by atoms with E-state index >= 15 is 0 Å². The number of benzene rings is 2. The van der Waals surface area contributed by atoms with Crippen LogP contribution in [-0.4, -0.2) is 19.5 Å². The van der Waals surface area contributed by atoms with Gasteiger partial charge in [0.05, 0.1) is 6.54 Å². The Bertz CT molecular complexity index is 1610. The van der Waals surface area contributed by atoms with E-state index < -0.39 is 0 Å². The molecule has 0 aliphatic rings. The number of hydrogen-bond donors (Lipinski definition) is 3. The van der Waals surface area contributed by atoms with E-state index in [1.54, 1.807) is 35.4 Å². The van der Waals surface area contributed by atoms with Crippen molar-refractivity contribution < 1.29 is 0 Å². The van der Waals surface area contributed by atoms with Crippen LogP contribution in [0.5, 0.6) is 0 Å². The highest BCUT2D eigenvalue weighted by atomic mass is 16.1. The molecular weight excluding hydrogens is 462 g/mol. The van der Waals surface area contributed by atoms with Crippen molar-refractivity contribution in [2.45, 2.75) is 33.5 Å². The first-order valence-corrected chi connectivity index (χ1v) is 12.1. The standard InChI is InChI=1S/C29H29N7O/c1-19-13-24-23(10-11-31-29(24)30)20(2)25(19)16-33-27-14-26(34-18-35-27)32-15-21-6-8-22(9-7-21)17-36-12-4-3-5-28(36)37/h3-14,18H,15-17H2,1-2H3,(H2,30,31)(H2,32,33,34,35). The van der Waals surface area contributed by atoms with Gasteiger partial charge in [0, 0.05) is 43.0 Å². The number of nitrogens with one attached hydrogen (secondary N) is 2. The topological polar surface area (TPSA) is 111 Å². The van der Waals surface area contributed by atoms with Crippen LogP contribution < -0.4 is 21.9 Å². The summed E-state index contributed by atoms with van der Waals surface area (Å²) in [4.78, 5) is 24.9. The number of aryl methyl sites for hydroxylation is 2. The molecule has 0 unspecified atom stereocenters. The molecular formula is C29H29N7O. The van der Waals surface area contributed by atoms with Gasteiger partial charge in [-0.05, 0) is 65.3 Å². The molecule has 0 saturated heterocycles. The monoisotopic (exact) mass is 491 g/mol. The van der Waals surface area contributed by atoms with Crippen molar-refractivity contribution in [3.8, 4) is 0 Å². The fourth-order valence-electron chi connectivity index (χ4n) is 4.47. The molecule has 0 atom stereocenters. The van der Waals surface area contributed by atoms with Gasteiger partial charge in [-0.1, -0.05) is 30.3 Å². The molecule has 8 nitrogen and oxygen atoms in total. The van der Waals surface area contributed by atoms with Gasteiger partial charge in [-0.25, -0.2) is 15.0 Å². The summed E-state index contributed by atoms with van der Waals surface area (Å²) in [6.45, 7) is 6.02. The fraction of sp³-hybridized carbons (Fsp3) is 0.172. The van der Waals surface area contributed by atoms with Crippen molar-refractivity contribution in [1.82, 2.24) is 19.5 Å². The highest BCUT2D eigenvalue weighted by Crippen LogP contribution is 2.28. The maximum atomic E-state index is 11.9. The van der Waals surface area contributed by atoms with Gasteiger partial charge in [0.15, 0.2) is 0 Å². The number of nitrogens with zero attached hydrogens (tertiary/aromatic N) is 4. The Labute approximate surface area is 215 Å². The van der Waals surface area contributed by atoms with Gasteiger partial charge in [0.1, 0.15) is 23.8 Å². The number of aromatic nitrogens is 4. The van der Waals surface area contributed by atoms with E-state index in [4.69, 9.17) is 5.73 Å². The average molecular weight is 492 g/mol. The maximum Gasteiger partial charge on any atom is 0.250 e. The summed E-state index contributed by atoms with van der Waals surface area (Å²) >= 11 is 0. The lowest BCUT2D eigenvalue weighted by atomic mass is 9.96. The Morgan fingerprint density at radius 2 is 1.57 bits per heavy atom. The summed E-state index contributed by atoms with van der Waals surface area (Å²) in [6.07, 6.45) is 5.10. The lowest BCUT2D eigenvalue weighted by Gasteiger charge is -2.15. The molecule has 0 saturated carbocycles. The van der Waals surface area contributed by atoms with Gasteiger partial charge in [-0.15, -0.1) is 0 Å². The molecule has 5 rings (SSSR count). The molecule has 0 aliphatic heterocycles. The van der Waals surface area contributed by atoms with Crippen LogP contribution in [0.1, 0.15) is 27.8 Å². The second kappa shape index (κ2) is 10.5. The van der Waals surface area contributed by atoms with Gasteiger partial charge < -0.3 is 20.9 Å². The SMILES string of the molecule is Cc1cc2c(N)nccc2c(C)c1CNc1cc(NCc2ccc(Cn3ccccc3=O)cc2)ncn1. The van der Waals surface area contributed by atoms with Crippen molar-refractivity contribution >= 4 is 28.2 Å². The number of hydrogen-bond acceptors (Lipinski definition) is 7. The maximum absolute atomic E-state index is 11.9.